The minimum absolute atomic E-state index is 0.0783. The zero-order chi connectivity index (χ0) is 23.8. The summed E-state index contributed by atoms with van der Waals surface area (Å²) in [5, 5.41) is 7.70. The van der Waals surface area contributed by atoms with Crippen LogP contribution in [-0.4, -0.2) is 18.3 Å². The number of hydrogen-bond acceptors (Lipinski definition) is 2. The van der Waals surface area contributed by atoms with Gasteiger partial charge in [0.1, 0.15) is 5.75 Å². The van der Waals surface area contributed by atoms with Crippen molar-refractivity contribution in [1.82, 2.24) is 5.32 Å². The monoisotopic (exact) mass is 474 g/mol. The van der Waals surface area contributed by atoms with E-state index in [2.05, 4.69) is 70.4 Å². The molecule has 0 heterocycles. The molecule has 0 aliphatic heterocycles. The number of halogens is 1. The molecular formula is C27H39ClN2OS. The molecule has 0 bridgehead atoms. The Bertz CT molecular complexity index is 895. The molecule has 2 aromatic rings. The predicted octanol–water partition coefficient (Wildman–Crippen LogP) is 7.86. The maximum absolute atomic E-state index is 6.25. The summed E-state index contributed by atoms with van der Waals surface area (Å²) in [5.74, 6) is 1.01. The Hall–Kier alpha value is -1.78. The highest BCUT2D eigenvalue weighted by Gasteiger charge is 2.26. The molecule has 32 heavy (non-hydrogen) atoms. The topological polar surface area (TPSA) is 33.3 Å². The van der Waals surface area contributed by atoms with Crippen molar-refractivity contribution in [2.45, 2.75) is 78.1 Å². The molecule has 0 unspecified atom stereocenters. The maximum atomic E-state index is 6.25. The lowest BCUT2D eigenvalue weighted by Gasteiger charge is -2.30. The van der Waals surface area contributed by atoms with E-state index >= 15 is 0 Å². The number of thiocarbonyl (C=S) groups is 1. The van der Waals surface area contributed by atoms with Crippen molar-refractivity contribution in [3.05, 3.63) is 58.6 Å². The van der Waals surface area contributed by atoms with E-state index in [0.29, 0.717) is 16.7 Å². The van der Waals surface area contributed by atoms with Crippen molar-refractivity contribution < 1.29 is 4.74 Å². The molecule has 0 aromatic heterocycles. The van der Waals surface area contributed by atoms with Gasteiger partial charge >= 0.3 is 0 Å². The smallest absolute Gasteiger partial charge is 0.170 e. The molecule has 5 heteroatoms. The summed E-state index contributed by atoms with van der Waals surface area (Å²) in [7, 11) is 0. The molecule has 3 nitrogen and oxygen atoms in total. The zero-order valence-electron chi connectivity index (χ0n) is 20.5. The number of hydrogen-bond donors (Lipinski definition) is 2. The molecule has 0 saturated carbocycles. The van der Waals surface area contributed by atoms with E-state index in [-0.39, 0.29) is 10.8 Å². The average molecular weight is 475 g/mol. The van der Waals surface area contributed by atoms with E-state index in [1.165, 1.54) is 11.1 Å². The molecule has 0 amide bonds. The van der Waals surface area contributed by atoms with Gasteiger partial charge in [-0.1, -0.05) is 71.3 Å². The fourth-order valence-electron chi connectivity index (χ4n) is 3.35. The molecule has 0 radical (unpaired) electrons. The van der Waals surface area contributed by atoms with Gasteiger partial charge in [-0.3, -0.25) is 0 Å². The summed E-state index contributed by atoms with van der Waals surface area (Å²) in [6.07, 6.45) is 4.12. The van der Waals surface area contributed by atoms with Gasteiger partial charge in [0.15, 0.2) is 5.11 Å². The summed E-state index contributed by atoms with van der Waals surface area (Å²) in [4.78, 5) is 0. The number of benzene rings is 2. The van der Waals surface area contributed by atoms with Gasteiger partial charge in [0, 0.05) is 22.8 Å². The molecular weight excluding hydrogens is 436 g/mol. The Balaban J connectivity index is 1.86. The standard InChI is InChI=1S/C27H39ClN2OS/c1-7-26(3,4)20-14-15-24(23(18-20)27(5,6)8-2)31-17-10-9-16-29-25(32)30-22-13-11-12-21(28)19-22/h11-15,18-19H,7-10,16-17H2,1-6H3,(H2,29,30,32). The largest absolute Gasteiger partial charge is 0.493 e. The van der Waals surface area contributed by atoms with E-state index in [4.69, 9.17) is 28.6 Å². The van der Waals surface area contributed by atoms with Crippen molar-refractivity contribution >= 4 is 34.6 Å². The summed E-state index contributed by atoms with van der Waals surface area (Å²) >= 11 is 11.4. The zero-order valence-corrected chi connectivity index (χ0v) is 22.1. The van der Waals surface area contributed by atoms with Crippen LogP contribution in [0.3, 0.4) is 0 Å². The Labute approximate surface area is 205 Å². The van der Waals surface area contributed by atoms with Crippen molar-refractivity contribution in [1.29, 1.82) is 0 Å². The summed E-state index contributed by atoms with van der Waals surface area (Å²) < 4.78 is 6.25. The first-order valence-electron chi connectivity index (χ1n) is 11.7. The van der Waals surface area contributed by atoms with Crippen molar-refractivity contribution in [3.8, 4) is 5.75 Å². The number of ether oxygens (including phenoxy) is 1. The number of nitrogens with one attached hydrogen (secondary N) is 2. The lowest BCUT2D eigenvalue weighted by Crippen LogP contribution is -2.29. The average Bonchev–Trinajstić information content (AvgIpc) is 2.76. The van der Waals surface area contributed by atoms with Crippen LogP contribution < -0.4 is 15.4 Å². The highest BCUT2D eigenvalue weighted by atomic mass is 35.5. The van der Waals surface area contributed by atoms with Gasteiger partial charge in [0.05, 0.1) is 6.61 Å². The van der Waals surface area contributed by atoms with Gasteiger partial charge in [-0.2, -0.15) is 0 Å². The second-order valence-corrected chi connectivity index (χ2v) is 10.5. The Morgan fingerprint density at radius 2 is 1.69 bits per heavy atom. The van der Waals surface area contributed by atoms with Crippen LogP contribution in [0.1, 0.15) is 78.4 Å². The first kappa shape index (κ1) is 26.5. The number of anilines is 1. The van der Waals surface area contributed by atoms with E-state index in [0.717, 1.165) is 43.7 Å². The van der Waals surface area contributed by atoms with Crippen LogP contribution in [-0.2, 0) is 10.8 Å². The lowest BCUT2D eigenvalue weighted by molar-refractivity contribution is 0.296. The van der Waals surface area contributed by atoms with Crippen LogP contribution >= 0.6 is 23.8 Å². The number of unbranched alkanes of at least 4 members (excludes halogenated alkanes) is 1. The minimum atomic E-state index is 0.0783. The SMILES string of the molecule is CCC(C)(C)c1ccc(OCCCCNC(=S)Nc2cccc(Cl)c2)c(C(C)(C)CC)c1. The van der Waals surface area contributed by atoms with E-state index in [9.17, 15) is 0 Å². The fraction of sp³-hybridized carbons (Fsp3) is 0.519. The van der Waals surface area contributed by atoms with Crippen molar-refractivity contribution in [2.24, 2.45) is 0 Å². The normalized spacial score (nSPS) is 11.8. The summed E-state index contributed by atoms with van der Waals surface area (Å²) in [5.41, 5.74) is 3.83. The van der Waals surface area contributed by atoms with Gasteiger partial charge in [-0.15, -0.1) is 0 Å². The van der Waals surface area contributed by atoms with Gasteiger partial charge in [-0.25, -0.2) is 0 Å². The van der Waals surface area contributed by atoms with Crippen LogP contribution in [0.2, 0.25) is 5.02 Å². The molecule has 2 rings (SSSR count). The number of rotatable bonds is 11. The van der Waals surface area contributed by atoms with E-state index in [1.807, 2.05) is 24.3 Å². The van der Waals surface area contributed by atoms with Crippen molar-refractivity contribution in [3.63, 3.8) is 0 Å². The van der Waals surface area contributed by atoms with Crippen LogP contribution in [0.25, 0.3) is 0 Å². The van der Waals surface area contributed by atoms with E-state index in [1.54, 1.807) is 0 Å². The molecule has 0 saturated heterocycles. The van der Waals surface area contributed by atoms with Crippen LogP contribution in [0, 0.1) is 0 Å². The Morgan fingerprint density at radius 3 is 2.34 bits per heavy atom. The molecule has 0 fully saturated rings. The Morgan fingerprint density at radius 1 is 0.969 bits per heavy atom. The first-order chi connectivity index (χ1) is 15.1. The van der Waals surface area contributed by atoms with Crippen LogP contribution in [0.5, 0.6) is 5.75 Å². The quantitative estimate of drug-likeness (QED) is 0.256. The fourth-order valence-corrected chi connectivity index (χ4v) is 3.76. The predicted molar refractivity (Wildman–Crippen MR) is 143 cm³/mol. The van der Waals surface area contributed by atoms with Gasteiger partial charge in [-0.05, 0) is 78.6 Å². The third-order valence-corrected chi connectivity index (χ3v) is 6.94. The van der Waals surface area contributed by atoms with Crippen molar-refractivity contribution in [2.75, 3.05) is 18.5 Å². The second kappa shape index (κ2) is 11.9. The van der Waals surface area contributed by atoms with Gasteiger partial charge in [0.25, 0.3) is 0 Å². The molecule has 2 aromatic carbocycles. The second-order valence-electron chi connectivity index (χ2n) is 9.63. The lowest BCUT2D eigenvalue weighted by atomic mass is 9.76. The third-order valence-electron chi connectivity index (χ3n) is 6.45. The molecule has 0 atom stereocenters. The maximum Gasteiger partial charge on any atom is 0.170 e. The Kier molecular flexibility index (Phi) is 9.84. The van der Waals surface area contributed by atoms with Crippen LogP contribution in [0.4, 0.5) is 5.69 Å². The molecule has 0 spiro atoms. The molecule has 0 aliphatic carbocycles. The van der Waals surface area contributed by atoms with Gasteiger partial charge < -0.3 is 15.4 Å². The molecule has 0 aliphatic rings. The molecule has 2 N–H and O–H groups in total. The molecule has 176 valence electrons. The highest BCUT2D eigenvalue weighted by Crippen LogP contribution is 2.38. The minimum Gasteiger partial charge on any atom is -0.493 e. The highest BCUT2D eigenvalue weighted by molar-refractivity contribution is 7.80. The third kappa shape index (κ3) is 7.67. The van der Waals surface area contributed by atoms with E-state index < -0.39 is 0 Å². The van der Waals surface area contributed by atoms with Gasteiger partial charge in [0.2, 0.25) is 0 Å². The first-order valence-corrected chi connectivity index (χ1v) is 12.5. The van der Waals surface area contributed by atoms with Crippen LogP contribution in [0.15, 0.2) is 42.5 Å². The summed E-state index contributed by atoms with van der Waals surface area (Å²) in [6, 6.07) is 14.3. The summed E-state index contributed by atoms with van der Waals surface area (Å²) in [6.45, 7) is 15.2.